The number of nitrogens with zero attached hydrogens (tertiary/aromatic N) is 2. The van der Waals surface area contributed by atoms with Crippen molar-refractivity contribution in [2.45, 2.75) is 52.9 Å². The minimum Gasteiger partial charge on any atom is -0.301 e. The van der Waals surface area contributed by atoms with E-state index in [1.165, 1.54) is 42.6 Å². The van der Waals surface area contributed by atoms with Crippen LogP contribution in [0.1, 0.15) is 49.6 Å². The lowest BCUT2D eigenvalue weighted by Crippen LogP contribution is -1.98. The SMILES string of the molecule is CCCCCCc1cnc2cc(C)cc(C)n12. The summed E-state index contributed by atoms with van der Waals surface area (Å²) >= 11 is 0. The Balaban J connectivity index is 2.18. The van der Waals surface area contributed by atoms with Crippen LogP contribution < -0.4 is 0 Å². The van der Waals surface area contributed by atoms with Gasteiger partial charge in [-0.25, -0.2) is 4.98 Å². The van der Waals surface area contributed by atoms with Gasteiger partial charge in [-0.2, -0.15) is 0 Å². The molecule has 2 rings (SSSR count). The molecule has 2 heteroatoms. The molecule has 0 unspecified atom stereocenters. The Morgan fingerprint density at radius 3 is 2.71 bits per heavy atom. The molecule has 0 bridgehead atoms. The van der Waals surface area contributed by atoms with Crippen molar-refractivity contribution in [2.24, 2.45) is 0 Å². The van der Waals surface area contributed by atoms with E-state index in [-0.39, 0.29) is 0 Å². The molecule has 0 spiro atoms. The van der Waals surface area contributed by atoms with Gasteiger partial charge in [-0.3, -0.25) is 0 Å². The van der Waals surface area contributed by atoms with E-state index < -0.39 is 0 Å². The summed E-state index contributed by atoms with van der Waals surface area (Å²) < 4.78 is 2.29. The summed E-state index contributed by atoms with van der Waals surface area (Å²) in [5.74, 6) is 0. The molecule has 2 heterocycles. The Labute approximate surface area is 104 Å². The van der Waals surface area contributed by atoms with E-state index in [0.29, 0.717) is 0 Å². The minimum atomic E-state index is 1.09. The van der Waals surface area contributed by atoms with E-state index in [1.54, 1.807) is 0 Å². The average molecular weight is 230 g/mol. The molecule has 0 saturated heterocycles. The normalized spacial score (nSPS) is 11.2. The Morgan fingerprint density at radius 2 is 1.94 bits per heavy atom. The van der Waals surface area contributed by atoms with Gasteiger partial charge in [0.1, 0.15) is 5.65 Å². The van der Waals surface area contributed by atoms with Gasteiger partial charge >= 0.3 is 0 Å². The minimum absolute atomic E-state index is 1.09. The highest BCUT2D eigenvalue weighted by Gasteiger charge is 2.05. The van der Waals surface area contributed by atoms with Crippen LogP contribution >= 0.6 is 0 Å². The highest BCUT2D eigenvalue weighted by molar-refractivity contribution is 5.45. The summed E-state index contributed by atoms with van der Waals surface area (Å²) in [5.41, 5.74) is 5.03. The van der Waals surface area contributed by atoms with Crippen molar-refractivity contribution in [1.82, 2.24) is 9.38 Å². The van der Waals surface area contributed by atoms with E-state index in [9.17, 15) is 0 Å². The lowest BCUT2D eigenvalue weighted by atomic mass is 10.1. The highest BCUT2D eigenvalue weighted by atomic mass is 15.0. The number of aromatic nitrogens is 2. The zero-order chi connectivity index (χ0) is 12.3. The van der Waals surface area contributed by atoms with Gasteiger partial charge < -0.3 is 4.40 Å². The topological polar surface area (TPSA) is 17.3 Å². The number of hydrogen-bond donors (Lipinski definition) is 0. The number of aryl methyl sites for hydroxylation is 3. The molecule has 2 nitrogen and oxygen atoms in total. The maximum Gasteiger partial charge on any atom is 0.137 e. The molecule has 2 aromatic rings. The Bertz CT molecular complexity index is 497. The maximum atomic E-state index is 4.50. The van der Waals surface area contributed by atoms with E-state index in [2.05, 4.69) is 42.3 Å². The first-order valence-electron chi connectivity index (χ1n) is 6.66. The summed E-state index contributed by atoms with van der Waals surface area (Å²) in [6.45, 7) is 6.54. The first-order valence-corrected chi connectivity index (χ1v) is 6.66. The van der Waals surface area contributed by atoms with Crippen LogP contribution in [0.4, 0.5) is 0 Å². The van der Waals surface area contributed by atoms with Crippen molar-refractivity contribution in [3.05, 3.63) is 35.3 Å². The predicted molar refractivity (Wildman–Crippen MR) is 72.5 cm³/mol. The molecule has 0 N–H and O–H groups in total. The molecule has 2 aromatic heterocycles. The van der Waals surface area contributed by atoms with Gasteiger partial charge in [0.25, 0.3) is 0 Å². The van der Waals surface area contributed by atoms with Crippen LogP contribution in [0.3, 0.4) is 0 Å². The third-order valence-electron chi connectivity index (χ3n) is 3.29. The first-order chi connectivity index (χ1) is 8.22. The molecule has 0 atom stereocenters. The third kappa shape index (κ3) is 2.68. The summed E-state index contributed by atoms with van der Waals surface area (Å²) in [7, 11) is 0. The fourth-order valence-corrected chi connectivity index (χ4v) is 2.46. The number of imidazole rings is 1. The Morgan fingerprint density at radius 1 is 1.12 bits per heavy atom. The number of rotatable bonds is 5. The van der Waals surface area contributed by atoms with Gasteiger partial charge in [-0.15, -0.1) is 0 Å². The monoisotopic (exact) mass is 230 g/mol. The van der Waals surface area contributed by atoms with E-state index in [4.69, 9.17) is 0 Å². The average Bonchev–Trinajstić information content (AvgIpc) is 2.68. The van der Waals surface area contributed by atoms with Crippen LogP contribution in [0.15, 0.2) is 18.3 Å². The molecule has 0 aliphatic heterocycles. The molecule has 0 aliphatic rings. The van der Waals surface area contributed by atoms with Crippen LogP contribution in [0.2, 0.25) is 0 Å². The first kappa shape index (κ1) is 12.2. The Hall–Kier alpha value is -1.31. The second-order valence-electron chi connectivity index (χ2n) is 4.93. The molecule has 17 heavy (non-hydrogen) atoms. The molecule has 92 valence electrons. The zero-order valence-electron chi connectivity index (χ0n) is 11.2. The number of unbranched alkanes of at least 4 members (excludes halogenated alkanes) is 3. The van der Waals surface area contributed by atoms with Crippen molar-refractivity contribution >= 4 is 5.65 Å². The van der Waals surface area contributed by atoms with Crippen molar-refractivity contribution in [2.75, 3.05) is 0 Å². The van der Waals surface area contributed by atoms with Crippen molar-refractivity contribution in [3.63, 3.8) is 0 Å². The maximum absolute atomic E-state index is 4.50. The lowest BCUT2D eigenvalue weighted by Gasteiger charge is -2.06. The van der Waals surface area contributed by atoms with Gasteiger partial charge in [0.15, 0.2) is 0 Å². The molecule has 0 saturated carbocycles. The van der Waals surface area contributed by atoms with Crippen LogP contribution in [0, 0.1) is 13.8 Å². The molecular formula is C15H22N2. The molecule has 0 radical (unpaired) electrons. The van der Waals surface area contributed by atoms with E-state index in [0.717, 1.165) is 12.1 Å². The van der Waals surface area contributed by atoms with Gasteiger partial charge in [-0.1, -0.05) is 26.2 Å². The van der Waals surface area contributed by atoms with Crippen molar-refractivity contribution in [3.8, 4) is 0 Å². The molecule has 0 aliphatic carbocycles. The van der Waals surface area contributed by atoms with Crippen LogP contribution in [-0.4, -0.2) is 9.38 Å². The van der Waals surface area contributed by atoms with Crippen LogP contribution in [0.25, 0.3) is 5.65 Å². The largest absolute Gasteiger partial charge is 0.301 e. The highest BCUT2D eigenvalue weighted by Crippen LogP contribution is 2.15. The summed E-state index contributed by atoms with van der Waals surface area (Å²) in [6.07, 6.45) is 8.42. The lowest BCUT2D eigenvalue weighted by molar-refractivity contribution is 0.658. The summed E-state index contributed by atoms with van der Waals surface area (Å²) in [5, 5.41) is 0. The summed E-state index contributed by atoms with van der Waals surface area (Å²) in [4.78, 5) is 4.50. The summed E-state index contributed by atoms with van der Waals surface area (Å²) in [6, 6.07) is 4.38. The van der Waals surface area contributed by atoms with Crippen molar-refractivity contribution in [1.29, 1.82) is 0 Å². The zero-order valence-corrected chi connectivity index (χ0v) is 11.2. The quantitative estimate of drug-likeness (QED) is 0.708. The van der Waals surface area contributed by atoms with E-state index >= 15 is 0 Å². The van der Waals surface area contributed by atoms with Crippen molar-refractivity contribution < 1.29 is 0 Å². The van der Waals surface area contributed by atoms with E-state index in [1.807, 2.05) is 6.20 Å². The number of fused-ring (bicyclic) bond motifs is 1. The Kier molecular flexibility index (Phi) is 3.82. The fraction of sp³-hybridized carbons (Fsp3) is 0.533. The van der Waals surface area contributed by atoms with Gasteiger partial charge in [0, 0.05) is 17.6 Å². The van der Waals surface area contributed by atoms with Gasteiger partial charge in [0.05, 0.1) is 0 Å². The van der Waals surface area contributed by atoms with Crippen LogP contribution in [-0.2, 0) is 6.42 Å². The molecule has 0 aromatic carbocycles. The standard InChI is InChI=1S/C15H22N2/c1-4-5-6-7-8-14-11-16-15-10-12(2)9-13(3)17(14)15/h9-11H,4-8H2,1-3H3. The van der Waals surface area contributed by atoms with Gasteiger partial charge in [-0.05, 0) is 44.4 Å². The second kappa shape index (κ2) is 5.35. The fourth-order valence-electron chi connectivity index (χ4n) is 2.46. The molecule has 0 amide bonds. The predicted octanol–water partition coefficient (Wildman–Crippen LogP) is 4.07. The smallest absolute Gasteiger partial charge is 0.137 e. The third-order valence-corrected chi connectivity index (χ3v) is 3.29. The molecular weight excluding hydrogens is 208 g/mol. The second-order valence-corrected chi connectivity index (χ2v) is 4.93. The molecule has 0 fully saturated rings. The number of hydrogen-bond acceptors (Lipinski definition) is 1. The van der Waals surface area contributed by atoms with Gasteiger partial charge in [0.2, 0.25) is 0 Å². The van der Waals surface area contributed by atoms with Crippen LogP contribution in [0.5, 0.6) is 0 Å². The number of pyridine rings is 1.